The molecule has 4 aromatic rings. The van der Waals surface area contributed by atoms with Crippen LogP contribution in [0.3, 0.4) is 0 Å². The van der Waals surface area contributed by atoms with E-state index in [0.29, 0.717) is 11.5 Å². The molecule has 0 atom stereocenters. The van der Waals surface area contributed by atoms with Crippen LogP contribution in [0.15, 0.2) is 48.5 Å². The Morgan fingerprint density at radius 2 is 1.79 bits per heavy atom. The molecule has 0 aliphatic heterocycles. The molecule has 1 aliphatic rings. The number of fused-ring (bicyclic) bond motifs is 1. The highest BCUT2D eigenvalue weighted by Gasteiger charge is 2.24. The van der Waals surface area contributed by atoms with E-state index < -0.39 is 0 Å². The molecular weight excluding hydrogens is 492 g/mol. The van der Waals surface area contributed by atoms with Crippen molar-refractivity contribution in [2.24, 2.45) is 0 Å². The Morgan fingerprint density at radius 3 is 2.47 bits per heavy atom. The van der Waals surface area contributed by atoms with Crippen LogP contribution in [0.5, 0.6) is 0 Å². The first-order chi connectivity index (χ1) is 18.3. The van der Waals surface area contributed by atoms with Crippen LogP contribution in [0.25, 0.3) is 38.7 Å². The Bertz CT molecular complexity index is 1560. The topological polar surface area (TPSA) is 69.2 Å². The first kappa shape index (κ1) is 26.0. The quantitative estimate of drug-likeness (QED) is 0.188. The summed E-state index contributed by atoms with van der Waals surface area (Å²) in [5, 5.41) is 2.07. The van der Waals surface area contributed by atoms with Gasteiger partial charge in [-0.05, 0) is 98.2 Å². The fourth-order valence-corrected chi connectivity index (χ4v) is 6.40. The number of esters is 1. The van der Waals surface area contributed by atoms with Gasteiger partial charge in [0, 0.05) is 5.39 Å². The second-order valence-corrected chi connectivity index (χ2v) is 11.3. The first-order valence-corrected chi connectivity index (χ1v) is 14.0. The fourth-order valence-electron chi connectivity index (χ4n) is 5.51. The predicted octanol–water partition coefficient (Wildman–Crippen LogP) is 8.08. The van der Waals surface area contributed by atoms with Crippen molar-refractivity contribution in [1.82, 2.24) is 9.97 Å². The molecule has 1 saturated carbocycles. The third kappa shape index (κ3) is 5.32. The zero-order chi connectivity index (χ0) is 26.8. The van der Waals surface area contributed by atoms with Crippen molar-refractivity contribution in [1.29, 1.82) is 0 Å². The summed E-state index contributed by atoms with van der Waals surface area (Å²) in [4.78, 5) is 35.1. The number of ketones is 1. The summed E-state index contributed by atoms with van der Waals surface area (Å²) in [7, 11) is 1.40. The maximum atomic E-state index is 12.6. The lowest BCUT2D eigenvalue weighted by Gasteiger charge is -2.26. The molecule has 5 nitrogen and oxygen atoms in total. The maximum absolute atomic E-state index is 12.6. The van der Waals surface area contributed by atoms with Crippen LogP contribution in [0.2, 0.25) is 0 Å². The standard InChI is InChI=1S/C32H32N2O3S/c1-19(35)10-11-24-17-26(32(36)37-4)18-27(22-8-6-5-7-9-22)30(24)25-13-14-28-23(16-25)12-15-29(34-28)31-20(2)33-21(3)38-31/h10-18,22H,5-9H2,1-4H3/b11-10+. The van der Waals surface area contributed by atoms with Gasteiger partial charge in [0.1, 0.15) is 0 Å². The Labute approximate surface area is 227 Å². The number of allylic oxidation sites excluding steroid dienone is 1. The average Bonchev–Trinajstić information content (AvgIpc) is 3.28. The lowest BCUT2D eigenvalue weighted by molar-refractivity contribution is -0.112. The van der Waals surface area contributed by atoms with E-state index in [4.69, 9.17) is 9.72 Å². The van der Waals surface area contributed by atoms with Gasteiger partial charge in [-0.3, -0.25) is 4.79 Å². The third-order valence-corrected chi connectivity index (χ3v) is 8.37. The number of thiazole rings is 1. The number of aromatic nitrogens is 2. The van der Waals surface area contributed by atoms with E-state index in [2.05, 4.69) is 35.3 Å². The molecule has 2 aromatic carbocycles. The van der Waals surface area contributed by atoms with E-state index in [1.165, 1.54) is 33.3 Å². The van der Waals surface area contributed by atoms with Crippen LogP contribution in [-0.2, 0) is 9.53 Å². The number of hydrogen-bond acceptors (Lipinski definition) is 6. The van der Waals surface area contributed by atoms with Crippen LogP contribution in [-0.4, -0.2) is 28.8 Å². The number of benzene rings is 2. The van der Waals surface area contributed by atoms with Gasteiger partial charge in [-0.2, -0.15) is 0 Å². The molecule has 0 spiro atoms. The number of ether oxygens (including phenoxy) is 1. The Balaban J connectivity index is 1.68. The summed E-state index contributed by atoms with van der Waals surface area (Å²) in [6, 6.07) is 14.4. The highest BCUT2D eigenvalue weighted by atomic mass is 32.1. The van der Waals surface area contributed by atoms with Crippen molar-refractivity contribution < 1.29 is 14.3 Å². The molecule has 2 heterocycles. The summed E-state index contributed by atoms with van der Waals surface area (Å²) in [6.45, 7) is 5.57. The molecule has 0 unspecified atom stereocenters. The number of methoxy groups -OCH3 is 1. The van der Waals surface area contributed by atoms with Crippen LogP contribution >= 0.6 is 11.3 Å². The number of carbonyl (C=O) groups excluding carboxylic acids is 2. The Morgan fingerprint density at radius 1 is 1.00 bits per heavy atom. The third-order valence-electron chi connectivity index (χ3n) is 7.28. The molecular formula is C32H32N2O3S. The molecule has 2 aromatic heterocycles. The summed E-state index contributed by atoms with van der Waals surface area (Å²) in [6.07, 6.45) is 9.15. The number of hydrogen-bond donors (Lipinski definition) is 0. The van der Waals surface area contributed by atoms with Gasteiger partial charge in [-0.15, -0.1) is 11.3 Å². The van der Waals surface area contributed by atoms with Crippen molar-refractivity contribution in [2.45, 2.75) is 58.8 Å². The van der Waals surface area contributed by atoms with Crippen LogP contribution in [0.1, 0.15) is 77.1 Å². The number of carbonyl (C=O) groups is 2. The van der Waals surface area contributed by atoms with Gasteiger partial charge in [0.05, 0.1) is 39.5 Å². The molecule has 1 fully saturated rings. The van der Waals surface area contributed by atoms with Crippen molar-refractivity contribution in [3.8, 4) is 21.7 Å². The normalized spacial score (nSPS) is 14.3. The van der Waals surface area contributed by atoms with Gasteiger partial charge < -0.3 is 4.74 Å². The van der Waals surface area contributed by atoms with Gasteiger partial charge in [-0.1, -0.05) is 37.5 Å². The van der Waals surface area contributed by atoms with Gasteiger partial charge in [0.2, 0.25) is 0 Å². The monoisotopic (exact) mass is 524 g/mol. The first-order valence-electron chi connectivity index (χ1n) is 13.1. The van der Waals surface area contributed by atoms with Crippen LogP contribution in [0.4, 0.5) is 0 Å². The lowest BCUT2D eigenvalue weighted by Crippen LogP contribution is -2.10. The second kappa shape index (κ2) is 11.0. The van der Waals surface area contributed by atoms with Crippen LogP contribution in [0, 0.1) is 13.8 Å². The second-order valence-electron chi connectivity index (χ2n) is 10.1. The molecule has 0 N–H and O–H groups in total. The lowest BCUT2D eigenvalue weighted by atomic mass is 9.78. The smallest absolute Gasteiger partial charge is 0.337 e. The zero-order valence-corrected chi connectivity index (χ0v) is 23.2. The summed E-state index contributed by atoms with van der Waals surface area (Å²) >= 11 is 1.66. The summed E-state index contributed by atoms with van der Waals surface area (Å²) < 4.78 is 5.08. The average molecular weight is 525 g/mol. The minimum atomic E-state index is -0.366. The summed E-state index contributed by atoms with van der Waals surface area (Å²) in [5.41, 5.74) is 7.49. The molecule has 0 bridgehead atoms. The summed E-state index contributed by atoms with van der Waals surface area (Å²) in [5.74, 6) is -0.0565. The van der Waals surface area contributed by atoms with Gasteiger partial charge in [0.25, 0.3) is 0 Å². The van der Waals surface area contributed by atoms with Crippen molar-refractivity contribution >= 4 is 40.1 Å². The molecule has 6 heteroatoms. The highest BCUT2D eigenvalue weighted by Crippen LogP contribution is 2.42. The SMILES string of the molecule is COC(=O)c1cc(/C=C/C(C)=O)c(-c2ccc3nc(-c4sc(C)nc4C)ccc3c2)c(C2CCCCC2)c1. The van der Waals surface area contributed by atoms with E-state index in [1.54, 1.807) is 17.4 Å². The van der Waals surface area contributed by atoms with E-state index in [9.17, 15) is 9.59 Å². The molecule has 0 radical (unpaired) electrons. The number of pyridine rings is 1. The van der Waals surface area contributed by atoms with Gasteiger partial charge >= 0.3 is 5.97 Å². The number of nitrogens with zero attached hydrogens (tertiary/aromatic N) is 2. The van der Waals surface area contributed by atoms with E-state index >= 15 is 0 Å². The van der Waals surface area contributed by atoms with E-state index in [-0.39, 0.29) is 11.8 Å². The fraction of sp³-hybridized carbons (Fsp3) is 0.312. The molecule has 194 valence electrons. The Hall–Kier alpha value is -3.64. The van der Waals surface area contributed by atoms with Gasteiger partial charge in [0.15, 0.2) is 5.78 Å². The van der Waals surface area contributed by atoms with Crippen molar-refractivity contribution in [2.75, 3.05) is 7.11 Å². The number of rotatable bonds is 6. The molecule has 0 saturated heterocycles. The molecule has 0 amide bonds. The Kier molecular flexibility index (Phi) is 7.52. The largest absolute Gasteiger partial charge is 0.465 e. The minimum absolute atomic E-state index is 0.0394. The molecule has 5 rings (SSSR count). The maximum Gasteiger partial charge on any atom is 0.337 e. The van der Waals surface area contributed by atoms with E-state index in [0.717, 1.165) is 67.3 Å². The van der Waals surface area contributed by atoms with Crippen molar-refractivity contribution in [3.63, 3.8) is 0 Å². The van der Waals surface area contributed by atoms with Crippen molar-refractivity contribution in [3.05, 3.63) is 75.9 Å². The predicted molar refractivity (Wildman–Crippen MR) is 155 cm³/mol. The number of aryl methyl sites for hydroxylation is 2. The van der Waals surface area contributed by atoms with Gasteiger partial charge in [-0.25, -0.2) is 14.8 Å². The molecule has 1 aliphatic carbocycles. The minimum Gasteiger partial charge on any atom is -0.465 e. The highest BCUT2D eigenvalue weighted by molar-refractivity contribution is 7.15. The molecule has 38 heavy (non-hydrogen) atoms. The van der Waals surface area contributed by atoms with Crippen LogP contribution < -0.4 is 0 Å². The van der Waals surface area contributed by atoms with E-state index in [1.807, 2.05) is 32.1 Å². The zero-order valence-electron chi connectivity index (χ0n) is 22.3.